The zero-order chi connectivity index (χ0) is 31.6. The van der Waals surface area contributed by atoms with Crippen LogP contribution >= 0.6 is 0 Å². The van der Waals surface area contributed by atoms with Gasteiger partial charge in [0.25, 0.3) is 0 Å². The maximum absolute atomic E-state index is 13.1. The molecule has 0 radical (unpaired) electrons. The van der Waals surface area contributed by atoms with E-state index in [9.17, 15) is 19.2 Å². The van der Waals surface area contributed by atoms with Crippen LogP contribution < -0.4 is 10.6 Å². The van der Waals surface area contributed by atoms with Gasteiger partial charge in [-0.2, -0.15) is 0 Å². The van der Waals surface area contributed by atoms with Crippen molar-refractivity contribution in [1.29, 1.82) is 0 Å². The molecule has 0 saturated carbocycles. The minimum Gasteiger partial charge on any atom is -0.383 e. The van der Waals surface area contributed by atoms with Crippen LogP contribution in [-0.2, 0) is 23.9 Å². The molecule has 0 aromatic heterocycles. The van der Waals surface area contributed by atoms with Gasteiger partial charge in [-0.25, -0.2) is 0 Å². The van der Waals surface area contributed by atoms with Crippen LogP contribution in [0, 0.1) is 21.7 Å². The van der Waals surface area contributed by atoms with Gasteiger partial charge >= 0.3 is 0 Å². The highest BCUT2D eigenvalue weighted by Crippen LogP contribution is 2.37. The Kier molecular flexibility index (Phi) is 14.0. The number of likely N-dealkylation sites (N-methyl/N-ethyl adjacent to an activating group) is 1. The number of ether oxygens (including phenoxy) is 1. The zero-order valence-corrected chi connectivity index (χ0v) is 28.0. The molecular weight excluding hydrogens is 520 g/mol. The van der Waals surface area contributed by atoms with Gasteiger partial charge in [0.2, 0.25) is 17.7 Å². The predicted octanol–water partition coefficient (Wildman–Crippen LogP) is 4.04. The maximum atomic E-state index is 13.1. The molecule has 1 fully saturated rings. The second kappa shape index (κ2) is 15.5. The van der Waals surface area contributed by atoms with Crippen LogP contribution in [0.5, 0.6) is 0 Å². The van der Waals surface area contributed by atoms with E-state index in [1.165, 1.54) is 0 Å². The van der Waals surface area contributed by atoms with E-state index in [1.54, 1.807) is 26.0 Å². The van der Waals surface area contributed by atoms with Crippen LogP contribution in [0.15, 0.2) is 0 Å². The number of likely N-dealkylation sites (tertiary alicyclic amines) is 1. The Hall–Kier alpha value is -2.00. The van der Waals surface area contributed by atoms with E-state index in [0.717, 1.165) is 32.2 Å². The summed E-state index contributed by atoms with van der Waals surface area (Å²) < 4.78 is 5.30. The summed E-state index contributed by atoms with van der Waals surface area (Å²) in [5, 5.41) is 6.02. The number of amides is 3. The third-order valence-electron chi connectivity index (χ3n) is 7.68. The van der Waals surface area contributed by atoms with Crippen LogP contribution in [0.1, 0.15) is 101 Å². The fraction of sp³-hybridized carbons (Fsp3) is 0.875. The van der Waals surface area contributed by atoms with Crippen molar-refractivity contribution in [2.75, 3.05) is 53.5 Å². The Balaban J connectivity index is 2.47. The number of hydrogen-bond acceptors (Lipinski definition) is 6. The molecule has 0 unspecified atom stereocenters. The number of hydrogen-bond donors (Lipinski definition) is 2. The van der Waals surface area contributed by atoms with Gasteiger partial charge in [-0.05, 0) is 61.3 Å². The molecule has 9 heteroatoms. The number of carbonyl (C=O) groups excluding carboxylic acids is 4. The Morgan fingerprint density at radius 2 is 1.27 bits per heavy atom. The third kappa shape index (κ3) is 15.2. The first kappa shape index (κ1) is 37.0. The molecule has 1 rings (SSSR count). The highest BCUT2D eigenvalue weighted by molar-refractivity contribution is 5.81. The zero-order valence-electron chi connectivity index (χ0n) is 28.0. The molecule has 0 aliphatic carbocycles. The first-order valence-electron chi connectivity index (χ1n) is 15.2. The summed E-state index contributed by atoms with van der Waals surface area (Å²) in [4.78, 5) is 53.5. The molecule has 1 aliphatic rings. The van der Waals surface area contributed by atoms with Crippen LogP contribution in [0.25, 0.3) is 0 Å². The van der Waals surface area contributed by atoms with Crippen molar-refractivity contribution >= 4 is 23.5 Å². The number of Topliss-reactive ketones (excluding diaryl/α,β-unsaturated/α-hetero) is 1. The number of rotatable bonds is 18. The molecule has 9 nitrogen and oxygen atoms in total. The van der Waals surface area contributed by atoms with Crippen LogP contribution in [0.2, 0.25) is 0 Å². The molecule has 238 valence electrons. The lowest BCUT2D eigenvalue weighted by molar-refractivity contribution is -0.135. The molecule has 3 amide bonds. The Morgan fingerprint density at radius 1 is 0.805 bits per heavy atom. The number of carbonyl (C=O) groups is 4. The fourth-order valence-electron chi connectivity index (χ4n) is 6.89. The maximum Gasteiger partial charge on any atom is 0.234 e. The molecule has 0 aromatic carbocycles. The van der Waals surface area contributed by atoms with E-state index in [4.69, 9.17) is 4.74 Å². The van der Waals surface area contributed by atoms with Crippen molar-refractivity contribution < 1.29 is 23.9 Å². The molecule has 0 bridgehead atoms. The minimum absolute atomic E-state index is 0.121. The summed E-state index contributed by atoms with van der Waals surface area (Å²) in [5.41, 5.74) is -0.702. The van der Waals surface area contributed by atoms with E-state index < -0.39 is 0 Å². The number of nitrogens with one attached hydrogen (secondary N) is 2. The van der Waals surface area contributed by atoms with Crippen molar-refractivity contribution in [1.82, 2.24) is 20.4 Å². The average molecular weight is 581 g/mol. The molecule has 0 spiro atoms. The second-order valence-electron chi connectivity index (χ2n) is 15.6. The largest absolute Gasteiger partial charge is 0.383 e. The molecule has 2 N–H and O–H groups in total. The first-order valence-corrected chi connectivity index (χ1v) is 15.2. The number of methoxy groups -OCH3 is 1. The van der Waals surface area contributed by atoms with Gasteiger partial charge in [0.05, 0.1) is 25.7 Å². The SMILES string of the molecule is COC[C@@H]1CCCN1C(=O)CC(C)(C)CC(C)(C)CNC(=O)CN(C)CC(=O)NCC(C)(C)CC(C)(C)CC(C)=O. The van der Waals surface area contributed by atoms with Gasteiger partial charge in [0.15, 0.2) is 0 Å². The summed E-state index contributed by atoms with van der Waals surface area (Å²) in [6.45, 7) is 21.0. The van der Waals surface area contributed by atoms with Gasteiger partial charge < -0.3 is 25.1 Å². The molecule has 1 heterocycles. The predicted molar refractivity (Wildman–Crippen MR) is 164 cm³/mol. The van der Waals surface area contributed by atoms with Gasteiger partial charge in [0, 0.05) is 39.6 Å². The second-order valence-corrected chi connectivity index (χ2v) is 15.6. The summed E-state index contributed by atoms with van der Waals surface area (Å²) in [7, 11) is 3.44. The lowest BCUT2D eigenvalue weighted by Crippen LogP contribution is -2.45. The fourth-order valence-corrected chi connectivity index (χ4v) is 6.89. The average Bonchev–Trinajstić information content (AvgIpc) is 3.22. The highest BCUT2D eigenvalue weighted by Gasteiger charge is 2.35. The molecule has 1 aliphatic heterocycles. The summed E-state index contributed by atoms with van der Waals surface area (Å²) in [6, 6.07) is 0.172. The van der Waals surface area contributed by atoms with E-state index in [2.05, 4.69) is 66.0 Å². The normalized spacial score (nSPS) is 16.7. The molecule has 1 saturated heterocycles. The monoisotopic (exact) mass is 580 g/mol. The third-order valence-corrected chi connectivity index (χ3v) is 7.68. The van der Waals surface area contributed by atoms with Crippen molar-refractivity contribution in [3.63, 3.8) is 0 Å². The van der Waals surface area contributed by atoms with Crippen LogP contribution in [0.4, 0.5) is 0 Å². The minimum atomic E-state index is -0.213. The van der Waals surface area contributed by atoms with Crippen molar-refractivity contribution in [3.05, 3.63) is 0 Å². The molecule has 0 aromatic rings. The molecular formula is C32H60N4O5. The van der Waals surface area contributed by atoms with Gasteiger partial charge in [-0.3, -0.25) is 19.3 Å². The van der Waals surface area contributed by atoms with E-state index in [-0.39, 0.29) is 64.3 Å². The van der Waals surface area contributed by atoms with Crippen molar-refractivity contribution in [2.24, 2.45) is 21.7 Å². The van der Waals surface area contributed by atoms with E-state index in [0.29, 0.717) is 32.5 Å². The van der Waals surface area contributed by atoms with E-state index >= 15 is 0 Å². The van der Waals surface area contributed by atoms with E-state index in [1.807, 2.05) is 4.90 Å². The lowest BCUT2D eigenvalue weighted by Gasteiger charge is -2.36. The van der Waals surface area contributed by atoms with Gasteiger partial charge in [-0.1, -0.05) is 55.4 Å². The first-order chi connectivity index (χ1) is 18.7. The molecule has 1 atom stereocenters. The lowest BCUT2D eigenvalue weighted by atomic mass is 9.72. The Labute approximate surface area is 249 Å². The van der Waals surface area contributed by atoms with Gasteiger partial charge in [0.1, 0.15) is 5.78 Å². The van der Waals surface area contributed by atoms with Crippen molar-refractivity contribution in [3.8, 4) is 0 Å². The van der Waals surface area contributed by atoms with Crippen LogP contribution in [0.3, 0.4) is 0 Å². The number of ketones is 1. The van der Waals surface area contributed by atoms with Crippen LogP contribution in [-0.4, -0.2) is 92.8 Å². The van der Waals surface area contributed by atoms with Gasteiger partial charge in [-0.15, -0.1) is 0 Å². The Bertz CT molecular complexity index is 897. The van der Waals surface area contributed by atoms with Crippen molar-refractivity contribution in [2.45, 2.75) is 107 Å². The smallest absolute Gasteiger partial charge is 0.234 e. The standard InChI is InChI=1S/C32H60N4O5/c1-24(37)15-29(2,3)20-31(6,7)22-33-26(38)17-35(10)18-27(39)34-23-32(8,9)21-30(4,5)16-28(40)36-14-12-13-25(36)19-41-11/h25H,12-23H2,1-11H3,(H,33,38)(H,34,39)/t25-/m0/s1. The highest BCUT2D eigenvalue weighted by atomic mass is 16.5. The molecule has 41 heavy (non-hydrogen) atoms. The Morgan fingerprint density at radius 3 is 1.71 bits per heavy atom. The number of nitrogens with zero attached hydrogens (tertiary/aromatic N) is 2. The topological polar surface area (TPSA) is 108 Å². The summed E-state index contributed by atoms with van der Waals surface area (Å²) in [6.07, 6.45) is 4.59. The summed E-state index contributed by atoms with van der Waals surface area (Å²) in [5.74, 6) is 0.0894. The quantitative estimate of drug-likeness (QED) is 0.253. The summed E-state index contributed by atoms with van der Waals surface area (Å²) >= 11 is 0.